The topological polar surface area (TPSA) is 15.3 Å². The Morgan fingerprint density at radius 3 is 2.79 bits per heavy atom. The maximum absolute atomic E-state index is 3.63. The molecule has 0 aliphatic carbocycles. The van der Waals surface area contributed by atoms with Crippen LogP contribution in [0.4, 0.5) is 0 Å². The zero-order valence-corrected chi connectivity index (χ0v) is 9.84. The van der Waals surface area contributed by atoms with Gasteiger partial charge in [-0.05, 0) is 46.1 Å². The van der Waals surface area contributed by atoms with Crippen LogP contribution >= 0.6 is 0 Å². The zero-order chi connectivity index (χ0) is 10.2. The molecule has 0 spiro atoms. The van der Waals surface area contributed by atoms with Crippen molar-refractivity contribution < 1.29 is 0 Å². The zero-order valence-electron chi connectivity index (χ0n) is 9.84. The third kappa shape index (κ3) is 1.96. The van der Waals surface area contributed by atoms with Gasteiger partial charge in [-0.2, -0.15) is 0 Å². The predicted molar refractivity (Wildman–Crippen MR) is 60.5 cm³/mol. The lowest BCUT2D eigenvalue weighted by Crippen LogP contribution is -2.40. The first-order chi connectivity index (χ1) is 6.62. The Morgan fingerprint density at radius 1 is 1.43 bits per heavy atom. The van der Waals surface area contributed by atoms with Crippen molar-refractivity contribution >= 4 is 0 Å². The van der Waals surface area contributed by atoms with Crippen LogP contribution in [-0.2, 0) is 0 Å². The van der Waals surface area contributed by atoms with Crippen molar-refractivity contribution in [3.8, 4) is 0 Å². The van der Waals surface area contributed by atoms with Gasteiger partial charge in [0.15, 0.2) is 0 Å². The van der Waals surface area contributed by atoms with Gasteiger partial charge in [0, 0.05) is 24.2 Å². The number of rotatable bonds is 2. The molecule has 0 bridgehead atoms. The molecule has 82 valence electrons. The summed E-state index contributed by atoms with van der Waals surface area (Å²) in [7, 11) is 0. The minimum atomic E-state index is 0.367. The number of hydrogen-bond acceptors (Lipinski definition) is 2. The molecule has 2 aliphatic rings. The van der Waals surface area contributed by atoms with E-state index in [9.17, 15) is 0 Å². The molecule has 14 heavy (non-hydrogen) atoms. The SMILES string of the molecule is CCC1CCCN1C1CNC(C)(C)C1. The maximum atomic E-state index is 3.63. The quantitative estimate of drug-likeness (QED) is 0.726. The molecule has 0 aromatic heterocycles. The highest BCUT2D eigenvalue weighted by atomic mass is 15.2. The van der Waals surface area contributed by atoms with Crippen molar-refractivity contribution in [3.63, 3.8) is 0 Å². The van der Waals surface area contributed by atoms with Gasteiger partial charge in [-0.3, -0.25) is 4.90 Å². The van der Waals surface area contributed by atoms with Crippen LogP contribution < -0.4 is 5.32 Å². The number of hydrogen-bond donors (Lipinski definition) is 1. The molecule has 2 aliphatic heterocycles. The molecule has 0 aromatic carbocycles. The highest BCUT2D eigenvalue weighted by molar-refractivity contribution is 4.97. The Morgan fingerprint density at radius 2 is 2.21 bits per heavy atom. The molecule has 2 unspecified atom stereocenters. The standard InChI is InChI=1S/C12H24N2/c1-4-10-6-5-7-14(10)11-8-12(2,3)13-9-11/h10-11,13H,4-9H2,1-3H3. The summed E-state index contributed by atoms with van der Waals surface area (Å²) in [5.74, 6) is 0. The number of likely N-dealkylation sites (tertiary alicyclic amines) is 1. The van der Waals surface area contributed by atoms with Crippen molar-refractivity contribution in [2.45, 2.75) is 64.1 Å². The van der Waals surface area contributed by atoms with E-state index < -0.39 is 0 Å². The largest absolute Gasteiger partial charge is 0.310 e. The molecule has 2 saturated heterocycles. The highest BCUT2D eigenvalue weighted by Gasteiger charge is 2.37. The average molecular weight is 196 g/mol. The first-order valence-corrected chi connectivity index (χ1v) is 6.13. The van der Waals surface area contributed by atoms with Gasteiger partial charge in [-0.25, -0.2) is 0 Å². The van der Waals surface area contributed by atoms with E-state index in [2.05, 4.69) is 31.0 Å². The van der Waals surface area contributed by atoms with E-state index in [1.165, 1.54) is 38.8 Å². The fourth-order valence-corrected chi connectivity index (χ4v) is 3.14. The average Bonchev–Trinajstić information content (AvgIpc) is 2.70. The second-order valence-electron chi connectivity index (χ2n) is 5.56. The Labute approximate surface area is 88.1 Å². The van der Waals surface area contributed by atoms with E-state index in [-0.39, 0.29) is 0 Å². The van der Waals surface area contributed by atoms with Gasteiger partial charge in [-0.1, -0.05) is 6.92 Å². The molecule has 2 nitrogen and oxygen atoms in total. The Bertz CT molecular complexity index is 200. The number of nitrogens with one attached hydrogen (secondary N) is 1. The third-order valence-corrected chi connectivity index (χ3v) is 3.93. The van der Waals surface area contributed by atoms with Crippen LogP contribution in [-0.4, -0.2) is 35.6 Å². The maximum Gasteiger partial charge on any atom is 0.0241 e. The van der Waals surface area contributed by atoms with Crippen molar-refractivity contribution in [2.24, 2.45) is 0 Å². The van der Waals surface area contributed by atoms with E-state index >= 15 is 0 Å². The van der Waals surface area contributed by atoms with Crippen LogP contribution in [0.15, 0.2) is 0 Å². The van der Waals surface area contributed by atoms with Crippen molar-refractivity contribution in [1.29, 1.82) is 0 Å². The molecule has 2 atom stereocenters. The van der Waals surface area contributed by atoms with E-state index in [1.54, 1.807) is 0 Å². The van der Waals surface area contributed by atoms with E-state index in [0.29, 0.717) is 5.54 Å². The molecule has 0 saturated carbocycles. The predicted octanol–water partition coefficient (Wildman–Crippen LogP) is 2.00. The van der Waals surface area contributed by atoms with Crippen LogP contribution in [0.3, 0.4) is 0 Å². The van der Waals surface area contributed by atoms with Gasteiger partial charge in [0.05, 0.1) is 0 Å². The molecule has 0 radical (unpaired) electrons. The van der Waals surface area contributed by atoms with Crippen LogP contribution in [0.5, 0.6) is 0 Å². The van der Waals surface area contributed by atoms with E-state index in [1.807, 2.05) is 0 Å². The minimum Gasteiger partial charge on any atom is -0.310 e. The molecule has 0 amide bonds. The summed E-state index contributed by atoms with van der Waals surface area (Å²) in [6.45, 7) is 9.51. The summed E-state index contributed by atoms with van der Waals surface area (Å²) in [6.07, 6.45) is 5.49. The van der Waals surface area contributed by atoms with Crippen LogP contribution in [0, 0.1) is 0 Å². The van der Waals surface area contributed by atoms with Gasteiger partial charge in [-0.15, -0.1) is 0 Å². The number of nitrogens with zero attached hydrogens (tertiary/aromatic N) is 1. The fourth-order valence-electron chi connectivity index (χ4n) is 3.14. The lowest BCUT2D eigenvalue weighted by atomic mass is 10.00. The minimum absolute atomic E-state index is 0.367. The highest BCUT2D eigenvalue weighted by Crippen LogP contribution is 2.29. The Balaban J connectivity index is 1.95. The van der Waals surface area contributed by atoms with Gasteiger partial charge in [0.1, 0.15) is 0 Å². The summed E-state index contributed by atoms with van der Waals surface area (Å²) in [5, 5.41) is 3.63. The molecule has 2 heterocycles. The van der Waals surface area contributed by atoms with Crippen molar-refractivity contribution in [1.82, 2.24) is 10.2 Å². The molecule has 0 aromatic rings. The van der Waals surface area contributed by atoms with Gasteiger partial charge in [0.2, 0.25) is 0 Å². The first-order valence-electron chi connectivity index (χ1n) is 6.13. The normalized spacial score (nSPS) is 37.9. The second-order valence-corrected chi connectivity index (χ2v) is 5.56. The van der Waals surface area contributed by atoms with E-state index in [0.717, 1.165) is 12.1 Å². The first kappa shape index (κ1) is 10.4. The summed E-state index contributed by atoms with van der Waals surface area (Å²) in [5.41, 5.74) is 0.367. The van der Waals surface area contributed by atoms with Gasteiger partial charge >= 0.3 is 0 Å². The third-order valence-electron chi connectivity index (χ3n) is 3.93. The molecule has 2 heteroatoms. The second kappa shape index (κ2) is 3.82. The van der Waals surface area contributed by atoms with Crippen LogP contribution in [0.2, 0.25) is 0 Å². The molecular formula is C12H24N2. The smallest absolute Gasteiger partial charge is 0.0241 e. The Kier molecular flexibility index (Phi) is 2.85. The van der Waals surface area contributed by atoms with Crippen LogP contribution in [0.25, 0.3) is 0 Å². The van der Waals surface area contributed by atoms with Crippen molar-refractivity contribution in [2.75, 3.05) is 13.1 Å². The molecule has 1 N–H and O–H groups in total. The summed E-state index contributed by atoms with van der Waals surface area (Å²) < 4.78 is 0. The molecule has 2 rings (SSSR count). The summed E-state index contributed by atoms with van der Waals surface area (Å²) >= 11 is 0. The van der Waals surface area contributed by atoms with Crippen molar-refractivity contribution in [3.05, 3.63) is 0 Å². The summed E-state index contributed by atoms with van der Waals surface area (Å²) in [6, 6.07) is 1.67. The summed E-state index contributed by atoms with van der Waals surface area (Å²) in [4.78, 5) is 2.75. The van der Waals surface area contributed by atoms with Crippen LogP contribution in [0.1, 0.15) is 46.5 Å². The van der Waals surface area contributed by atoms with E-state index in [4.69, 9.17) is 0 Å². The van der Waals surface area contributed by atoms with Gasteiger partial charge < -0.3 is 5.32 Å². The lowest BCUT2D eigenvalue weighted by molar-refractivity contribution is 0.181. The fraction of sp³-hybridized carbons (Fsp3) is 1.00. The molecular weight excluding hydrogens is 172 g/mol. The molecule has 2 fully saturated rings. The lowest BCUT2D eigenvalue weighted by Gasteiger charge is -2.30. The Hall–Kier alpha value is -0.0800. The monoisotopic (exact) mass is 196 g/mol. The van der Waals surface area contributed by atoms with Gasteiger partial charge in [0.25, 0.3) is 0 Å².